The lowest BCUT2D eigenvalue weighted by Gasteiger charge is -2.14. The summed E-state index contributed by atoms with van der Waals surface area (Å²) < 4.78 is 64.2. The van der Waals surface area contributed by atoms with Crippen molar-refractivity contribution >= 4 is 21.6 Å². The first-order valence-electron chi connectivity index (χ1n) is 7.71. The smallest absolute Gasteiger partial charge is 0.387 e. The van der Waals surface area contributed by atoms with E-state index in [2.05, 4.69) is 10.0 Å². The van der Waals surface area contributed by atoms with Crippen LogP contribution < -0.4 is 10.0 Å². The maximum Gasteiger partial charge on any atom is 0.416 e. The fourth-order valence-corrected chi connectivity index (χ4v) is 3.24. The normalized spacial score (nSPS) is 13.2. The molecule has 2 aromatic carbocycles. The second-order valence-electron chi connectivity index (χ2n) is 5.69. The van der Waals surface area contributed by atoms with Crippen molar-refractivity contribution in [3.63, 3.8) is 0 Å². The second kappa shape index (κ2) is 8.07. The summed E-state index contributed by atoms with van der Waals surface area (Å²) in [7, 11) is -3.94. The molecule has 10 heteroatoms. The minimum absolute atomic E-state index is 0.0868. The van der Waals surface area contributed by atoms with E-state index >= 15 is 0 Å². The number of sulfonamides is 1. The molecule has 0 aromatic heterocycles. The number of benzene rings is 2. The zero-order valence-electron chi connectivity index (χ0n) is 14.1. The molecular weight excluding hydrogens is 385 g/mol. The SMILES string of the molecule is CC(=O)Nc1ccc(S(=O)(=O)NCC(O)c2ccc(C(F)(F)F)cc2)cc1. The van der Waals surface area contributed by atoms with E-state index < -0.39 is 34.4 Å². The predicted octanol–water partition coefficient (Wildman–Crippen LogP) is 2.68. The molecule has 0 aliphatic heterocycles. The largest absolute Gasteiger partial charge is 0.416 e. The Labute approximate surface area is 154 Å². The Kier molecular flexibility index (Phi) is 6.24. The number of rotatable bonds is 6. The summed E-state index contributed by atoms with van der Waals surface area (Å²) in [6.45, 7) is 0.899. The highest BCUT2D eigenvalue weighted by Gasteiger charge is 2.30. The number of amides is 1. The Bertz CT molecular complexity index is 895. The number of aliphatic hydroxyl groups excluding tert-OH is 1. The van der Waals surface area contributed by atoms with Crippen molar-refractivity contribution in [3.8, 4) is 0 Å². The Morgan fingerprint density at radius 3 is 2.11 bits per heavy atom. The predicted molar refractivity (Wildman–Crippen MR) is 92.3 cm³/mol. The van der Waals surface area contributed by atoms with Gasteiger partial charge in [0.1, 0.15) is 0 Å². The quantitative estimate of drug-likeness (QED) is 0.692. The highest BCUT2D eigenvalue weighted by Crippen LogP contribution is 2.29. The summed E-state index contributed by atoms with van der Waals surface area (Å²) in [4.78, 5) is 10.9. The number of alkyl halides is 3. The van der Waals surface area contributed by atoms with E-state index in [1.54, 1.807) is 0 Å². The molecule has 3 N–H and O–H groups in total. The Morgan fingerprint density at radius 1 is 1.07 bits per heavy atom. The van der Waals surface area contributed by atoms with Crippen molar-refractivity contribution in [1.82, 2.24) is 4.72 Å². The molecular formula is C17H17F3N2O4S. The average Bonchev–Trinajstić information content (AvgIpc) is 2.59. The molecule has 1 atom stereocenters. The number of halogens is 3. The summed E-state index contributed by atoms with van der Waals surface area (Å²) >= 11 is 0. The molecule has 6 nitrogen and oxygen atoms in total. The number of carbonyl (C=O) groups excluding carboxylic acids is 1. The van der Waals surface area contributed by atoms with Crippen LogP contribution in [0.4, 0.5) is 18.9 Å². The highest BCUT2D eigenvalue weighted by atomic mass is 32.2. The molecule has 0 spiro atoms. The minimum atomic E-state index is -4.49. The lowest BCUT2D eigenvalue weighted by molar-refractivity contribution is -0.137. The number of nitrogens with one attached hydrogen (secondary N) is 2. The number of carbonyl (C=O) groups is 1. The van der Waals surface area contributed by atoms with Gasteiger partial charge in [-0.3, -0.25) is 4.79 Å². The van der Waals surface area contributed by atoms with Gasteiger partial charge in [0.25, 0.3) is 0 Å². The van der Waals surface area contributed by atoms with Crippen molar-refractivity contribution in [2.45, 2.75) is 24.1 Å². The Balaban J connectivity index is 2.02. The molecule has 0 fully saturated rings. The van der Waals surface area contributed by atoms with Gasteiger partial charge in [0.2, 0.25) is 15.9 Å². The van der Waals surface area contributed by atoms with Crippen LogP contribution in [0, 0.1) is 0 Å². The van der Waals surface area contributed by atoms with E-state index in [1.807, 2.05) is 0 Å². The minimum Gasteiger partial charge on any atom is -0.387 e. The fraction of sp³-hybridized carbons (Fsp3) is 0.235. The highest BCUT2D eigenvalue weighted by molar-refractivity contribution is 7.89. The van der Waals surface area contributed by atoms with Crippen molar-refractivity contribution in [3.05, 3.63) is 59.7 Å². The molecule has 1 unspecified atom stereocenters. The van der Waals surface area contributed by atoms with E-state index in [1.165, 1.54) is 31.2 Å². The first kappa shape index (κ1) is 20.9. The maximum absolute atomic E-state index is 12.5. The molecule has 0 saturated carbocycles. The third-order valence-electron chi connectivity index (χ3n) is 3.57. The molecule has 1 amide bonds. The molecule has 2 aromatic rings. The van der Waals surface area contributed by atoms with Gasteiger partial charge in [-0.25, -0.2) is 13.1 Å². The zero-order valence-corrected chi connectivity index (χ0v) is 14.9. The standard InChI is InChI=1S/C17H17F3N2O4S/c1-11(23)22-14-6-8-15(9-7-14)27(25,26)21-10-16(24)12-2-4-13(5-3-12)17(18,19)20/h2-9,16,21,24H,10H2,1H3,(H,22,23). The Hall–Kier alpha value is -2.43. The van der Waals surface area contributed by atoms with Gasteiger partial charge in [-0.1, -0.05) is 12.1 Å². The average molecular weight is 402 g/mol. The number of hydrogen-bond acceptors (Lipinski definition) is 4. The summed E-state index contributed by atoms with van der Waals surface area (Å²) in [5.41, 5.74) is -0.295. The van der Waals surface area contributed by atoms with Crippen molar-refractivity contribution < 1.29 is 31.5 Å². The number of hydrogen-bond donors (Lipinski definition) is 3. The number of anilines is 1. The molecule has 27 heavy (non-hydrogen) atoms. The van der Waals surface area contributed by atoms with E-state index in [0.29, 0.717) is 5.69 Å². The molecule has 0 saturated heterocycles. The lowest BCUT2D eigenvalue weighted by Crippen LogP contribution is -2.28. The topological polar surface area (TPSA) is 95.5 Å². The third-order valence-corrected chi connectivity index (χ3v) is 5.01. The van der Waals surface area contributed by atoms with Crippen LogP contribution in [-0.4, -0.2) is 26.0 Å². The van der Waals surface area contributed by atoms with Gasteiger partial charge in [0.15, 0.2) is 0 Å². The molecule has 0 bridgehead atoms. The van der Waals surface area contributed by atoms with Crippen molar-refractivity contribution in [1.29, 1.82) is 0 Å². The summed E-state index contributed by atoms with van der Waals surface area (Å²) in [5, 5.41) is 12.5. The molecule has 146 valence electrons. The zero-order chi connectivity index (χ0) is 20.2. The van der Waals surface area contributed by atoms with Crippen LogP contribution in [0.3, 0.4) is 0 Å². The molecule has 0 aliphatic rings. The van der Waals surface area contributed by atoms with Gasteiger partial charge in [0, 0.05) is 19.2 Å². The summed E-state index contributed by atoms with van der Waals surface area (Å²) in [5.74, 6) is -0.302. The van der Waals surface area contributed by atoms with E-state index in [9.17, 15) is 31.5 Å². The molecule has 2 rings (SSSR count). The van der Waals surface area contributed by atoms with Crippen LogP contribution in [-0.2, 0) is 21.0 Å². The van der Waals surface area contributed by atoms with Crippen molar-refractivity contribution in [2.24, 2.45) is 0 Å². The molecule has 0 aliphatic carbocycles. The van der Waals surface area contributed by atoms with Crippen molar-refractivity contribution in [2.75, 3.05) is 11.9 Å². The third kappa shape index (κ3) is 5.78. The summed E-state index contributed by atoms with van der Waals surface area (Å²) in [6.07, 6.45) is -5.81. The van der Waals surface area contributed by atoms with E-state index in [-0.39, 0.29) is 16.4 Å². The van der Waals surface area contributed by atoms with Crippen LogP contribution in [0.2, 0.25) is 0 Å². The van der Waals surface area contributed by atoms with Crippen LogP contribution in [0.1, 0.15) is 24.2 Å². The van der Waals surface area contributed by atoms with Gasteiger partial charge in [0.05, 0.1) is 16.6 Å². The van der Waals surface area contributed by atoms with E-state index in [0.717, 1.165) is 24.3 Å². The monoisotopic (exact) mass is 402 g/mol. The fourth-order valence-electron chi connectivity index (χ4n) is 2.20. The maximum atomic E-state index is 12.5. The molecule has 0 radical (unpaired) electrons. The van der Waals surface area contributed by atoms with Crippen LogP contribution in [0.5, 0.6) is 0 Å². The lowest BCUT2D eigenvalue weighted by atomic mass is 10.1. The van der Waals surface area contributed by atoms with Crippen LogP contribution >= 0.6 is 0 Å². The first-order chi connectivity index (χ1) is 12.5. The van der Waals surface area contributed by atoms with E-state index in [4.69, 9.17) is 0 Å². The summed E-state index contributed by atoms with van der Waals surface area (Å²) in [6, 6.07) is 9.16. The van der Waals surface area contributed by atoms with Gasteiger partial charge in [-0.2, -0.15) is 13.2 Å². The first-order valence-corrected chi connectivity index (χ1v) is 9.20. The van der Waals surface area contributed by atoms with Gasteiger partial charge in [-0.15, -0.1) is 0 Å². The van der Waals surface area contributed by atoms with Gasteiger partial charge in [-0.05, 0) is 42.0 Å². The second-order valence-corrected chi connectivity index (χ2v) is 7.46. The molecule has 0 heterocycles. The van der Waals surface area contributed by atoms with Gasteiger partial charge >= 0.3 is 6.18 Å². The van der Waals surface area contributed by atoms with Gasteiger partial charge < -0.3 is 10.4 Å². The van der Waals surface area contributed by atoms with Crippen LogP contribution in [0.25, 0.3) is 0 Å². The number of aliphatic hydroxyl groups is 1. The Morgan fingerprint density at radius 2 is 1.63 bits per heavy atom. The van der Waals surface area contributed by atoms with Crippen LogP contribution in [0.15, 0.2) is 53.4 Å².